The molecule has 0 radical (unpaired) electrons. The number of aryl methyl sites for hydroxylation is 3. The second kappa shape index (κ2) is 12.2. The highest BCUT2D eigenvalue weighted by Crippen LogP contribution is 2.22. The van der Waals surface area contributed by atoms with Crippen molar-refractivity contribution in [3.8, 4) is 11.5 Å². The molecule has 7 heteroatoms. The van der Waals surface area contributed by atoms with Crippen LogP contribution < -0.4 is 9.47 Å². The van der Waals surface area contributed by atoms with E-state index in [9.17, 15) is 9.59 Å². The van der Waals surface area contributed by atoms with Crippen LogP contribution in [0, 0.1) is 12.8 Å². The topological polar surface area (TPSA) is 89.0 Å². The van der Waals surface area contributed by atoms with Gasteiger partial charge in [0.2, 0.25) is 0 Å². The van der Waals surface area contributed by atoms with E-state index in [4.69, 9.17) is 14.6 Å². The second-order valence-corrected chi connectivity index (χ2v) is 9.23. The molecule has 0 bridgehead atoms. The van der Waals surface area contributed by atoms with Crippen LogP contribution in [0.5, 0.6) is 11.5 Å². The Kier molecular flexibility index (Phi) is 8.55. The zero-order valence-electron chi connectivity index (χ0n) is 20.6. The number of carbonyl (C=O) groups excluding carboxylic acids is 1. The van der Waals surface area contributed by atoms with Crippen molar-refractivity contribution in [3.05, 3.63) is 89.2 Å². The zero-order valence-corrected chi connectivity index (χ0v) is 20.6. The molecule has 36 heavy (non-hydrogen) atoms. The summed E-state index contributed by atoms with van der Waals surface area (Å²) in [6.07, 6.45) is 4.96. The van der Waals surface area contributed by atoms with Gasteiger partial charge in [0.05, 0.1) is 13.0 Å². The molecule has 3 aromatic rings. The number of aliphatic carboxylic acids is 1. The first-order valence-electron chi connectivity index (χ1n) is 12.4. The third kappa shape index (κ3) is 7.31. The van der Waals surface area contributed by atoms with Gasteiger partial charge in [0.25, 0.3) is 0 Å². The number of benzene rings is 2. The summed E-state index contributed by atoms with van der Waals surface area (Å²) in [5, 5.41) is 8.86. The van der Waals surface area contributed by atoms with Gasteiger partial charge in [0.1, 0.15) is 11.5 Å². The van der Waals surface area contributed by atoms with E-state index in [2.05, 4.69) is 18.0 Å². The number of nitrogens with zero attached hydrogens (tertiary/aromatic N) is 2. The maximum atomic E-state index is 12.6. The van der Waals surface area contributed by atoms with Gasteiger partial charge >= 0.3 is 12.1 Å². The van der Waals surface area contributed by atoms with Crippen LogP contribution in [0.15, 0.2) is 66.9 Å². The molecule has 1 aliphatic rings. The van der Waals surface area contributed by atoms with Gasteiger partial charge in [0.15, 0.2) is 0 Å². The van der Waals surface area contributed by atoms with Crippen LogP contribution in [0.3, 0.4) is 0 Å². The average molecular weight is 489 g/mol. The van der Waals surface area contributed by atoms with Crippen molar-refractivity contribution in [2.24, 2.45) is 5.92 Å². The van der Waals surface area contributed by atoms with Crippen LogP contribution >= 0.6 is 0 Å². The Morgan fingerprint density at radius 3 is 2.28 bits per heavy atom. The molecule has 1 fully saturated rings. The minimum absolute atomic E-state index is 0.00464. The van der Waals surface area contributed by atoms with Gasteiger partial charge in [-0.05, 0) is 85.5 Å². The fraction of sp³-hybridized carbons (Fsp3) is 0.345. The van der Waals surface area contributed by atoms with Crippen LogP contribution in [-0.2, 0) is 24.1 Å². The number of likely N-dealkylation sites (tertiary alicyclic amines) is 1. The number of carbonyl (C=O) groups is 2. The fourth-order valence-electron chi connectivity index (χ4n) is 4.31. The van der Waals surface area contributed by atoms with Gasteiger partial charge < -0.3 is 19.5 Å². The molecule has 0 unspecified atom stereocenters. The molecule has 0 saturated carbocycles. The first kappa shape index (κ1) is 25.2. The Morgan fingerprint density at radius 2 is 1.61 bits per heavy atom. The average Bonchev–Trinajstić information content (AvgIpc) is 2.88. The van der Waals surface area contributed by atoms with Crippen molar-refractivity contribution in [3.63, 3.8) is 0 Å². The van der Waals surface area contributed by atoms with Crippen LogP contribution in [0.2, 0.25) is 0 Å². The number of hydrogen-bond donors (Lipinski definition) is 1. The number of aromatic nitrogens is 1. The summed E-state index contributed by atoms with van der Waals surface area (Å²) in [6, 6.07) is 18.9. The summed E-state index contributed by atoms with van der Waals surface area (Å²) in [4.78, 5) is 29.6. The standard InChI is InChI=1S/C29H32N2O5/c1-21-3-2-16-30-27(21)13-8-22-4-11-26(12-5-22)36-29(34)31-17-14-24(15-18-31)20-35-25-9-6-23(7-10-25)19-28(32)33/h2-7,9-12,16,24H,8,13-15,17-20H2,1H3,(H,32,33). The van der Waals surface area contributed by atoms with E-state index >= 15 is 0 Å². The van der Waals surface area contributed by atoms with E-state index in [0.717, 1.165) is 42.7 Å². The number of piperidine rings is 1. The first-order chi connectivity index (χ1) is 17.5. The van der Waals surface area contributed by atoms with Crippen LogP contribution in [0.25, 0.3) is 0 Å². The Hall–Kier alpha value is -3.87. The highest BCUT2D eigenvalue weighted by molar-refractivity contribution is 5.71. The fourth-order valence-corrected chi connectivity index (χ4v) is 4.31. The van der Waals surface area contributed by atoms with Crippen molar-refractivity contribution in [1.82, 2.24) is 9.88 Å². The molecule has 1 aromatic heterocycles. The maximum absolute atomic E-state index is 12.6. The quantitative estimate of drug-likeness (QED) is 0.451. The summed E-state index contributed by atoms with van der Waals surface area (Å²) < 4.78 is 11.5. The predicted molar refractivity (Wildman–Crippen MR) is 136 cm³/mol. The summed E-state index contributed by atoms with van der Waals surface area (Å²) >= 11 is 0. The molecule has 1 amide bonds. The van der Waals surface area contributed by atoms with E-state index < -0.39 is 5.97 Å². The third-order valence-corrected chi connectivity index (χ3v) is 6.53. The Bertz CT molecular complexity index is 1150. The lowest BCUT2D eigenvalue weighted by Crippen LogP contribution is -2.41. The minimum Gasteiger partial charge on any atom is -0.493 e. The van der Waals surface area contributed by atoms with E-state index in [-0.39, 0.29) is 12.5 Å². The van der Waals surface area contributed by atoms with Gasteiger partial charge in [0, 0.05) is 25.0 Å². The monoisotopic (exact) mass is 488 g/mol. The number of carboxylic acids is 1. The lowest BCUT2D eigenvalue weighted by molar-refractivity contribution is -0.136. The zero-order chi connectivity index (χ0) is 25.3. The lowest BCUT2D eigenvalue weighted by atomic mass is 9.98. The smallest absolute Gasteiger partial charge is 0.415 e. The van der Waals surface area contributed by atoms with Gasteiger partial charge in [-0.1, -0.05) is 30.3 Å². The SMILES string of the molecule is Cc1cccnc1CCc1ccc(OC(=O)N2CCC(COc3ccc(CC(=O)O)cc3)CC2)cc1. The summed E-state index contributed by atoms with van der Waals surface area (Å²) in [5.41, 5.74) is 4.23. The molecular weight excluding hydrogens is 456 g/mol. The molecule has 1 N–H and O–H groups in total. The van der Waals surface area contributed by atoms with E-state index in [0.29, 0.717) is 31.4 Å². The summed E-state index contributed by atoms with van der Waals surface area (Å²) in [7, 11) is 0. The number of amides is 1. The predicted octanol–water partition coefficient (Wildman–Crippen LogP) is 5.09. The number of hydrogen-bond acceptors (Lipinski definition) is 5. The van der Waals surface area contributed by atoms with Crippen molar-refractivity contribution in [1.29, 1.82) is 0 Å². The van der Waals surface area contributed by atoms with Crippen molar-refractivity contribution in [2.45, 2.75) is 39.0 Å². The molecule has 2 aromatic carbocycles. The summed E-state index contributed by atoms with van der Waals surface area (Å²) in [6.45, 7) is 3.91. The Labute approximate surface area is 211 Å². The van der Waals surface area contributed by atoms with Gasteiger partial charge in [-0.2, -0.15) is 0 Å². The van der Waals surface area contributed by atoms with Gasteiger partial charge in [-0.15, -0.1) is 0 Å². The van der Waals surface area contributed by atoms with Gasteiger partial charge in [-0.25, -0.2) is 4.79 Å². The number of pyridine rings is 1. The molecular formula is C29H32N2O5. The van der Waals surface area contributed by atoms with Crippen molar-refractivity contribution < 1.29 is 24.2 Å². The highest BCUT2D eigenvalue weighted by atomic mass is 16.6. The van der Waals surface area contributed by atoms with Crippen LogP contribution in [0.4, 0.5) is 4.79 Å². The molecule has 0 atom stereocenters. The molecule has 0 aliphatic carbocycles. The van der Waals surface area contributed by atoms with E-state index in [1.807, 2.05) is 36.5 Å². The normalized spacial score (nSPS) is 13.9. The third-order valence-electron chi connectivity index (χ3n) is 6.53. The van der Waals surface area contributed by atoms with E-state index in [1.165, 1.54) is 11.1 Å². The van der Waals surface area contributed by atoms with Crippen molar-refractivity contribution >= 4 is 12.1 Å². The van der Waals surface area contributed by atoms with Crippen LogP contribution in [-0.4, -0.2) is 46.7 Å². The van der Waals surface area contributed by atoms with Crippen molar-refractivity contribution in [2.75, 3.05) is 19.7 Å². The Balaban J connectivity index is 1.17. The number of rotatable bonds is 9. The molecule has 0 spiro atoms. The molecule has 1 saturated heterocycles. The molecule has 4 rings (SSSR count). The molecule has 188 valence electrons. The van der Waals surface area contributed by atoms with E-state index in [1.54, 1.807) is 29.2 Å². The number of carboxylic acid groups (broad SMARTS) is 1. The molecule has 7 nitrogen and oxygen atoms in total. The molecule has 1 aliphatic heterocycles. The largest absolute Gasteiger partial charge is 0.493 e. The van der Waals surface area contributed by atoms with Crippen LogP contribution in [0.1, 0.15) is 35.2 Å². The van der Waals surface area contributed by atoms with Gasteiger partial charge in [-0.3, -0.25) is 9.78 Å². The second-order valence-electron chi connectivity index (χ2n) is 9.23. The first-order valence-corrected chi connectivity index (χ1v) is 12.4. The summed E-state index contributed by atoms with van der Waals surface area (Å²) in [5.74, 6) is 0.784. The molecule has 2 heterocycles. The number of ether oxygens (including phenoxy) is 2. The highest BCUT2D eigenvalue weighted by Gasteiger charge is 2.24. The maximum Gasteiger partial charge on any atom is 0.415 e. The minimum atomic E-state index is -0.849. The Morgan fingerprint density at radius 1 is 0.944 bits per heavy atom. The lowest BCUT2D eigenvalue weighted by Gasteiger charge is -2.31.